The number of ether oxygens (including phenoxy) is 1. The summed E-state index contributed by atoms with van der Waals surface area (Å²) in [5.41, 5.74) is 3.94. The maximum absolute atomic E-state index is 10.3. The van der Waals surface area contributed by atoms with Crippen LogP contribution < -0.4 is 5.73 Å². The summed E-state index contributed by atoms with van der Waals surface area (Å²) >= 11 is 0. The lowest BCUT2D eigenvalue weighted by Gasteiger charge is -2.20. The van der Waals surface area contributed by atoms with Crippen LogP contribution in [-0.4, -0.2) is 63.4 Å². The van der Waals surface area contributed by atoms with E-state index in [2.05, 4.69) is 4.52 Å². The Morgan fingerprint density at radius 3 is 1.90 bits per heavy atom. The predicted octanol–water partition coefficient (Wildman–Crippen LogP) is -1.08. The number of phosphoric acid groups is 1. The second kappa shape index (κ2) is 11.6. The molecule has 0 aromatic rings. The fraction of sp³-hybridized carbons (Fsp3) is 1.00. The molecule has 9 nitrogen and oxygen atoms in total. The van der Waals surface area contributed by atoms with Crippen LogP contribution in [0.5, 0.6) is 0 Å². The molecule has 0 saturated carbocycles. The molecule has 0 aromatic heterocycles. The van der Waals surface area contributed by atoms with Gasteiger partial charge in [-0.15, -0.1) is 0 Å². The van der Waals surface area contributed by atoms with Gasteiger partial charge in [-0.3, -0.25) is 4.52 Å². The highest BCUT2D eigenvalue weighted by molar-refractivity contribution is 7.46. The summed E-state index contributed by atoms with van der Waals surface area (Å²) in [6.45, 7) is 2.70. The van der Waals surface area contributed by atoms with Crippen molar-refractivity contribution in [3.8, 4) is 0 Å². The van der Waals surface area contributed by atoms with E-state index in [0.717, 1.165) is 12.8 Å². The molecular weight excluding hydrogens is 293 g/mol. The maximum atomic E-state index is 10.3. The molecule has 0 spiro atoms. The number of unbranched alkanes of at least 4 members (excludes halogenated alkanes) is 1. The zero-order valence-corrected chi connectivity index (χ0v) is 12.7. The summed E-state index contributed by atoms with van der Waals surface area (Å²) in [6.07, 6.45) is 0.981. The van der Waals surface area contributed by atoms with Gasteiger partial charge in [-0.2, -0.15) is 0 Å². The first kappa shape index (κ1) is 22.2. The Hall–Kier alpha value is -0.0900. The van der Waals surface area contributed by atoms with Crippen LogP contribution in [0.25, 0.3) is 0 Å². The quantitative estimate of drug-likeness (QED) is 0.176. The molecule has 0 radical (unpaired) electrons. The fourth-order valence-corrected chi connectivity index (χ4v) is 1.22. The van der Waals surface area contributed by atoms with Gasteiger partial charge in [-0.1, -0.05) is 13.3 Å². The summed E-state index contributed by atoms with van der Waals surface area (Å²) < 4.78 is 19.4. The van der Waals surface area contributed by atoms with Gasteiger partial charge in [0.25, 0.3) is 0 Å². The predicted molar refractivity (Wildman–Crippen MR) is 71.6 cm³/mol. The standard InChI is InChI=1S/C6H15O5P.C4H11NO3/c1-3-4-5-10-6(2)11-12(7,8)9;5-4(1-6,2-7)3-8/h6H,3-5H2,1-2H3,(H2,7,8,9);6-8H,1-3,5H2. The molecule has 0 heterocycles. The van der Waals surface area contributed by atoms with E-state index in [9.17, 15) is 4.57 Å². The molecule has 0 aliphatic rings. The molecule has 10 heteroatoms. The van der Waals surface area contributed by atoms with E-state index in [1.807, 2.05) is 6.92 Å². The highest BCUT2D eigenvalue weighted by Gasteiger charge is 2.20. The van der Waals surface area contributed by atoms with Crippen LogP contribution >= 0.6 is 7.82 Å². The first-order valence-electron chi connectivity index (χ1n) is 6.11. The summed E-state index contributed by atoms with van der Waals surface area (Å²) in [4.78, 5) is 16.7. The van der Waals surface area contributed by atoms with Gasteiger partial charge in [0, 0.05) is 6.61 Å². The van der Waals surface area contributed by atoms with Crippen LogP contribution in [0.15, 0.2) is 0 Å². The van der Waals surface area contributed by atoms with Crippen LogP contribution in [0.3, 0.4) is 0 Å². The second-order valence-electron chi connectivity index (χ2n) is 4.22. The maximum Gasteiger partial charge on any atom is 0.471 e. The van der Waals surface area contributed by atoms with Gasteiger partial charge in [-0.05, 0) is 13.3 Å². The topological polar surface area (TPSA) is 163 Å². The monoisotopic (exact) mass is 319 g/mol. The molecule has 124 valence electrons. The second-order valence-corrected chi connectivity index (χ2v) is 5.42. The molecule has 0 aromatic carbocycles. The fourth-order valence-electron chi connectivity index (χ4n) is 0.767. The van der Waals surface area contributed by atoms with E-state index < -0.39 is 39.5 Å². The average Bonchev–Trinajstić information content (AvgIpc) is 2.37. The number of aliphatic hydroxyl groups is 3. The van der Waals surface area contributed by atoms with E-state index in [1.54, 1.807) is 0 Å². The number of aliphatic hydroxyl groups excluding tert-OH is 3. The first-order chi connectivity index (χ1) is 9.14. The van der Waals surface area contributed by atoms with Gasteiger partial charge in [0.15, 0.2) is 6.29 Å². The van der Waals surface area contributed by atoms with Crippen LogP contribution in [0.1, 0.15) is 26.7 Å². The van der Waals surface area contributed by atoms with Gasteiger partial charge in [-0.25, -0.2) is 4.57 Å². The van der Waals surface area contributed by atoms with Crippen LogP contribution in [-0.2, 0) is 13.8 Å². The molecular formula is C10H26NO8P. The van der Waals surface area contributed by atoms with Crippen molar-refractivity contribution in [2.24, 2.45) is 5.73 Å². The lowest BCUT2D eigenvalue weighted by Crippen LogP contribution is -2.50. The Balaban J connectivity index is 0. The van der Waals surface area contributed by atoms with E-state index in [0.29, 0.717) is 6.61 Å². The van der Waals surface area contributed by atoms with Crippen molar-refractivity contribution in [1.82, 2.24) is 0 Å². The minimum absolute atomic E-state index is 0.403. The zero-order valence-electron chi connectivity index (χ0n) is 11.8. The minimum atomic E-state index is -4.40. The number of hydrogen-bond donors (Lipinski definition) is 6. The number of hydrogen-bond acceptors (Lipinski definition) is 7. The normalized spacial score (nSPS) is 13.6. The summed E-state index contributed by atoms with van der Waals surface area (Å²) in [5.74, 6) is 0. The van der Waals surface area contributed by atoms with E-state index >= 15 is 0 Å². The van der Waals surface area contributed by atoms with Crippen LogP contribution in [0, 0.1) is 0 Å². The Labute approximate surface area is 118 Å². The molecule has 0 bridgehead atoms. The molecule has 0 fully saturated rings. The van der Waals surface area contributed by atoms with Gasteiger partial charge >= 0.3 is 7.82 Å². The van der Waals surface area contributed by atoms with Gasteiger partial charge in [0.05, 0.1) is 25.4 Å². The third-order valence-electron chi connectivity index (χ3n) is 2.08. The van der Waals surface area contributed by atoms with Crippen LogP contribution in [0.4, 0.5) is 0 Å². The summed E-state index contributed by atoms with van der Waals surface area (Å²) in [7, 11) is -4.40. The first-order valence-corrected chi connectivity index (χ1v) is 7.64. The third-order valence-corrected chi connectivity index (χ3v) is 2.65. The minimum Gasteiger partial charge on any atom is -0.394 e. The van der Waals surface area contributed by atoms with Gasteiger partial charge in [0.1, 0.15) is 0 Å². The molecule has 1 unspecified atom stereocenters. The van der Waals surface area contributed by atoms with Crippen molar-refractivity contribution in [2.75, 3.05) is 26.4 Å². The smallest absolute Gasteiger partial charge is 0.394 e. The van der Waals surface area contributed by atoms with Crippen molar-refractivity contribution >= 4 is 7.82 Å². The molecule has 0 amide bonds. The Kier molecular flexibility index (Phi) is 12.8. The number of rotatable bonds is 9. The largest absolute Gasteiger partial charge is 0.471 e. The molecule has 1 atom stereocenters. The third kappa shape index (κ3) is 14.3. The molecule has 7 N–H and O–H groups in total. The highest BCUT2D eigenvalue weighted by Crippen LogP contribution is 2.37. The Morgan fingerprint density at radius 1 is 1.20 bits per heavy atom. The van der Waals surface area contributed by atoms with E-state index in [1.165, 1.54) is 6.92 Å². The highest BCUT2D eigenvalue weighted by atomic mass is 31.2. The lowest BCUT2D eigenvalue weighted by molar-refractivity contribution is -0.0800. The number of nitrogens with two attached hydrogens (primary N) is 1. The summed E-state index contributed by atoms with van der Waals surface area (Å²) in [6, 6.07) is 0. The molecule has 0 aliphatic carbocycles. The lowest BCUT2D eigenvalue weighted by atomic mass is 10.1. The SMILES string of the molecule is CCCCOC(C)OP(=O)(O)O.NC(CO)(CO)CO. The van der Waals surface area contributed by atoms with E-state index in [4.69, 9.17) is 35.6 Å². The average molecular weight is 319 g/mol. The Morgan fingerprint density at radius 2 is 1.65 bits per heavy atom. The molecule has 0 saturated heterocycles. The number of phosphoric ester groups is 1. The van der Waals surface area contributed by atoms with Crippen molar-refractivity contribution in [3.05, 3.63) is 0 Å². The van der Waals surface area contributed by atoms with E-state index in [-0.39, 0.29) is 0 Å². The molecule has 0 rings (SSSR count). The van der Waals surface area contributed by atoms with Gasteiger partial charge in [0.2, 0.25) is 0 Å². The Bertz CT molecular complexity index is 260. The molecule has 0 aliphatic heterocycles. The van der Waals surface area contributed by atoms with Crippen LogP contribution in [0.2, 0.25) is 0 Å². The molecule has 20 heavy (non-hydrogen) atoms. The zero-order chi connectivity index (χ0) is 16.2. The van der Waals surface area contributed by atoms with Crippen molar-refractivity contribution in [1.29, 1.82) is 0 Å². The van der Waals surface area contributed by atoms with Crippen molar-refractivity contribution < 1.29 is 38.9 Å². The summed E-state index contributed by atoms with van der Waals surface area (Å²) in [5, 5.41) is 25.0. The van der Waals surface area contributed by atoms with Crippen molar-refractivity contribution in [3.63, 3.8) is 0 Å². The van der Waals surface area contributed by atoms with Crippen molar-refractivity contribution in [2.45, 2.75) is 38.5 Å². The van der Waals surface area contributed by atoms with Gasteiger partial charge < -0.3 is 35.6 Å².